The van der Waals surface area contributed by atoms with Gasteiger partial charge in [-0.1, -0.05) is 100.0 Å². The molecule has 0 N–H and O–H groups in total. The van der Waals surface area contributed by atoms with Crippen molar-refractivity contribution in [3.63, 3.8) is 0 Å². The molecule has 4 saturated heterocycles. The molecule has 4 aromatic carbocycles. The smallest absolute Gasteiger partial charge is 0.330 e. The van der Waals surface area contributed by atoms with E-state index in [0.717, 1.165) is 152 Å². The summed E-state index contributed by atoms with van der Waals surface area (Å²) in [5.41, 5.74) is 16.5. The minimum atomic E-state index is -0.968. The third kappa shape index (κ3) is 13.8. The monoisotopic (exact) mass is 1660 g/mol. The summed E-state index contributed by atoms with van der Waals surface area (Å²) >= 11 is 0. The van der Waals surface area contributed by atoms with Crippen LogP contribution in [0.2, 0.25) is 0 Å². The maximum atomic E-state index is 13.4. The van der Waals surface area contributed by atoms with Crippen molar-refractivity contribution in [3.8, 4) is 22.7 Å². The van der Waals surface area contributed by atoms with Gasteiger partial charge in [0.25, 0.3) is 0 Å². The molecule has 10 fully saturated rings. The van der Waals surface area contributed by atoms with Crippen LogP contribution < -0.4 is 0 Å². The molecule has 20 nitrogen and oxygen atoms in total. The third-order valence-corrected chi connectivity index (χ3v) is 29.0. The summed E-state index contributed by atoms with van der Waals surface area (Å²) < 4.78 is 123. The molecule has 14 aliphatic rings. The second kappa shape index (κ2) is 31.6. The van der Waals surface area contributed by atoms with E-state index in [9.17, 15) is 27.2 Å². The number of methoxy groups -OCH3 is 2. The fraction of sp³-hybridized carbons (Fsp3) is 0.449. The van der Waals surface area contributed by atoms with Crippen LogP contribution in [0.15, 0.2) is 193 Å². The Kier molecular flexibility index (Phi) is 21.2. The van der Waals surface area contributed by atoms with Crippen molar-refractivity contribution in [3.05, 3.63) is 261 Å². The molecule has 24 heteroatoms. The minimum Gasteiger partial charge on any atom is -0.466 e. The lowest BCUT2D eigenvalue weighted by atomic mass is 9.72. The van der Waals surface area contributed by atoms with Crippen molar-refractivity contribution in [2.45, 2.75) is 242 Å². The van der Waals surface area contributed by atoms with E-state index >= 15 is 0 Å². The number of benzene rings is 4. The van der Waals surface area contributed by atoms with Gasteiger partial charge < -0.3 is 47.4 Å². The summed E-state index contributed by atoms with van der Waals surface area (Å²) in [5, 5.41) is 18.4. The number of carbonyl (C=O) groups is 2. The van der Waals surface area contributed by atoms with Crippen molar-refractivity contribution >= 4 is 36.2 Å². The van der Waals surface area contributed by atoms with Crippen LogP contribution in [0.5, 0.6) is 0 Å². The summed E-state index contributed by atoms with van der Waals surface area (Å²) in [4.78, 5) is 23.5. The Morgan fingerprint density at radius 2 is 0.590 bits per heavy atom. The first kappa shape index (κ1) is 81.6. The zero-order valence-electron chi connectivity index (χ0n) is 70.2. The normalized spacial score (nSPS) is 30.9. The van der Waals surface area contributed by atoms with Crippen LogP contribution in [0.3, 0.4) is 0 Å². The molecule has 0 radical (unpaired) electrons. The van der Waals surface area contributed by atoms with E-state index in [4.69, 9.17) is 47.4 Å². The van der Waals surface area contributed by atoms with Gasteiger partial charge in [0.1, 0.15) is 47.7 Å². The summed E-state index contributed by atoms with van der Waals surface area (Å²) in [6, 6.07) is 25.7. The Hall–Kier alpha value is -10.0. The molecule has 4 spiro atoms. The van der Waals surface area contributed by atoms with Crippen molar-refractivity contribution in [1.29, 1.82) is 0 Å². The highest BCUT2D eigenvalue weighted by atomic mass is 19.1. The molecule has 0 bridgehead atoms. The van der Waals surface area contributed by atoms with Gasteiger partial charge in [-0.2, -0.15) is 20.4 Å². The van der Waals surface area contributed by atoms with Gasteiger partial charge in [-0.25, -0.2) is 45.9 Å². The van der Waals surface area contributed by atoms with Crippen molar-refractivity contribution in [1.82, 2.24) is 39.1 Å². The van der Waals surface area contributed by atoms with Gasteiger partial charge in [-0.15, -0.1) is 0 Å². The predicted octanol–water partition coefficient (Wildman–Crippen LogP) is 18.7. The standard InChI is InChI=1S/C27H27FN2O6.C25H27FN2O2.2C23H25FN2O2/c1-26-15-17-16-29-30(20-6-4-19(28)5-7-20)21(17)14-18(26)12-13-27(26)35-22(8-10-24(31)33-2)23(36-27)9-11-25(32)34-3;1-4-6-22-23(7-5-2)30-25(29-22)13-12-18-14-21-17(15-24(18,25)3)16-27-28(21)20-10-8-19(26)9-11-20;2*1-22-13-15-14-25-26(18-8-6-17(24)7-9-18)19(15)12-16(22)10-11-23(22)27-20-4-2-3-5-21(20)28-23/h4-11,14,16,22-23H,12-13,15H2,1-3H3;4-11,14,16,22-23H,12-13,15H2,1-3H3;2*6-9,12,14,20-21H,2-5,10-11,13H2,1H3/b10-8-,11-9+;6-4+,7-5+;;/t22-,23-,26-,27?;22-,23-,24+;20-,21-,22+;20-,21-,22-/m0110/s1. The van der Waals surface area contributed by atoms with Crippen molar-refractivity contribution < 1.29 is 74.5 Å². The first-order chi connectivity index (χ1) is 58.9. The third-order valence-electron chi connectivity index (χ3n) is 29.0. The van der Waals surface area contributed by atoms with E-state index in [-0.39, 0.29) is 76.1 Å². The summed E-state index contributed by atoms with van der Waals surface area (Å²) in [7, 11) is 2.60. The van der Waals surface area contributed by atoms with Crippen LogP contribution in [0.25, 0.3) is 47.1 Å². The highest BCUT2D eigenvalue weighted by Crippen LogP contribution is 2.66. The van der Waals surface area contributed by atoms with Crippen molar-refractivity contribution in [2.24, 2.45) is 21.7 Å². The van der Waals surface area contributed by atoms with Crippen LogP contribution in [0, 0.1) is 44.9 Å². The lowest BCUT2D eigenvalue weighted by Gasteiger charge is -2.42. The SMILES string of the molecule is C/C=C/[C@H]1OC2(CCC3=Cc4c(cnn4-c4ccc(F)cc4)C[C@@]32C)O[C@@H]1/C=C/C.COC(=O)/C=C\[C@@H]1OC2(CCC3=Cc4c(cnn4-c4ccc(F)cc4)C[C@@]32C)O[C@H]1/C=C/C(=O)OC.C[C@]12Cc3cnn(-c4ccc(F)cc4)c3C=C1CCC21O[C@@H]2CCCC[C@H]2O1.C[C@]12Cc3cnn(-c4ccc(F)cc4)c3C=C1CCC21O[C@H]2CCCC[C@@H]2O1. The fourth-order valence-electron chi connectivity index (χ4n) is 22.2. The fourth-order valence-corrected chi connectivity index (χ4v) is 22.2. The lowest BCUT2D eigenvalue weighted by molar-refractivity contribution is -0.224. The highest BCUT2D eigenvalue weighted by Gasteiger charge is 2.68. The van der Waals surface area contributed by atoms with E-state index in [0.29, 0.717) is 12.8 Å². The number of nitrogens with zero attached hydrogens (tertiary/aromatic N) is 8. The Balaban J connectivity index is 0.000000108. The highest BCUT2D eigenvalue weighted by molar-refractivity contribution is 5.82. The molecule has 4 aliphatic heterocycles. The minimum absolute atomic E-state index is 0.0780. The second-order valence-electron chi connectivity index (χ2n) is 35.8. The molecule has 8 heterocycles. The Morgan fingerprint density at radius 3 is 0.820 bits per heavy atom. The molecule has 1 unspecified atom stereocenters. The number of aromatic nitrogens is 8. The Labute approximate surface area is 707 Å². The van der Waals surface area contributed by atoms with Crippen LogP contribution >= 0.6 is 0 Å². The number of ether oxygens (including phenoxy) is 10. The molecular formula is C98H104F4N8O12. The Bertz CT molecular complexity index is 5380. The molecule has 13 atom stereocenters. The van der Waals surface area contributed by atoms with Gasteiger partial charge in [0.15, 0.2) is 23.1 Å². The van der Waals surface area contributed by atoms with Crippen LogP contribution in [0.1, 0.15) is 189 Å². The molecule has 4 aromatic heterocycles. The number of hydrogen-bond donors (Lipinski definition) is 0. The van der Waals surface area contributed by atoms with Crippen LogP contribution in [0.4, 0.5) is 17.6 Å². The van der Waals surface area contributed by atoms with Gasteiger partial charge >= 0.3 is 11.9 Å². The first-order valence-electron chi connectivity index (χ1n) is 43.3. The number of carbonyl (C=O) groups excluding carboxylic acids is 2. The Morgan fingerprint density at radius 1 is 0.361 bits per heavy atom. The molecule has 8 aromatic rings. The number of allylic oxidation sites excluding steroid dienone is 2. The van der Waals surface area contributed by atoms with E-state index in [1.807, 2.05) is 69.5 Å². The number of rotatable bonds is 10. The summed E-state index contributed by atoms with van der Waals surface area (Å²) in [5.74, 6) is -4.62. The number of esters is 2. The van der Waals surface area contributed by atoms with Crippen LogP contribution in [-0.2, 0) is 82.6 Å². The molecule has 0 amide bonds. The second-order valence-corrected chi connectivity index (χ2v) is 35.8. The summed E-state index contributed by atoms with van der Waals surface area (Å²) in [6.45, 7) is 13.0. The number of fused-ring (bicyclic) bond motifs is 14. The molecule has 122 heavy (non-hydrogen) atoms. The maximum absolute atomic E-state index is 13.4. The van der Waals surface area contributed by atoms with E-state index in [2.05, 4.69) is 84.5 Å². The first-order valence-corrected chi connectivity index (χ1v) is 43.3. The van der Waals surface area contributed by atoms with E-state index < -0.39 is 52.7 Å². The van der Waals surface area contributed by atoms with Gasteiger partial charge in [0, 0.05) is 59.5 Å². The number of hydrogen-bond acceptors (Lipinski definition) is 16. The molecular weight excluding hydrogens is 1560 g/mol. The zero-order valence-corrected chi connectivity index (χ0v) is 70.2. The molecule has 10 aliphatic carbocycles. The predicted molar refractivity (Wildman–Crippen MR) is 449 cm³/mol. The van der Waals surface area contributed by atoms with E-state index in [1.54, 1.807) is 60.7 Å². The topological polar surface area (TPSA) is 198 Å². The zero-order chi connectivity index (χ0) is 84.3. The summed E-state index contributed by atoms with van der Waals surface area (Å²) in [6.07, 6.45) is 49.8. The van der Waals surface area contributed by atoms with Gasteiger partial charge in [-0.3, -0.25) is 0 Å². The van der Waals surface area contributed by atoms with Crippen molar-refractivity contribution in [2.75, 3.05) is 14.2 Å². The maximum Gasteiger partial charge on any atom is 0.330 e. The molecule has 6 saturated carbocycles. The van der Waals surface area contributed by atoms with Gasteiger partial charge in [0.05, 0.1) is 109 Å². The average Bonchev–Trinajstić information content (AvgIpc) is 1.56. The quantitative estimate of drug-likeness (QED) is 0.0542. The van der Waals surface area contributed by atoms with Gasteiger partial charge in [-0.05, 0) is 247 Å². The largest absolute Gasteiger partial charge is 0.466 e. The molecule has 22 rings (SSSR count). The molecule has 636 valence electrons. The lowest BCUT2D eigenvalue weighted by Crippen LogP contribution is -2.46. The average molecular weight is 1660 g/mol. The van der Waals surface area contributed by atoms with E-state index in [1.165, 1.54) is 128 Å². The van der Waals surface area contributed by atoms with Gasteiger partial charge in [0.2, 0.25) is 0 Å². The van der Waals surface area contributed by atoms with Crippen LogP contribution in [-0.4, -0.2) is 137 Å². The number of halogens is 4.